The molecule has 1 aromatic heterocycles. The van der Waals surface area contributed by atoms with E-state index in [9.17, 15) is 9.90 Å². The van der Waals surface area contributed by atoms with Crippen LogP contribution in [0.2, 0.25) is 0 Å². The molecule has 1 amide bonds. The summed E-state index contributed by atoms with van der Waals surface area (Å²) in [5.41, 5.74) is -0.243. The lowest BCUT2D eigenvalue weighted by Gasteiger charge is -2.28. The molecule has 6 heteroatoms. The number of thiazole rings is 1. The summed E-state index contributed by atoms with van der Waals surface area (Å²) in [6.45, 7) is 1.17. The number of likely N-dealkylation sites (N-methyl/N-ethyl adjacent to an activating group) is 1. The van der Waals surface area contributed by atoms with Gasteiger partial charge in [0.25, 0.3) is 5.91 Å². The fourth-order valence-corrected chi connectivity index (χ4v) is 4.08. The Hall–Kier alpha value is -0.980. The van der Waals surface area contributed by atoms with Crippen LogP contribution in [0.1, 0.15) is 60.1 Å². The minimum atomic E-state index is -0.710. The van der Waals surface area contributed by atoms with Crippen molar-refractivity contribution < 1.29 is 14.6 Å². The zero-order chi connectivity index (χ0) is 14.9. The van der Waals surface area contributed by atoms with Crippen molar-refractivity contribution in [2.45, 2.75) is 50.2 Å². The van der Waals surface area contributed by atoms with Gasteiger partial charge in [0.15, 0.2) is 0 Å². The number of ether oxygens (including phenoxy) is 1. The van der Waals surface area contributed by atoms with Crippen molar-refractivity contribution in [2.75, 3.05) is 20.2 Å². The van der Waals surface area contributed by atoms with Gasteiger partial charge in [-0.1, -0.05) is 12.8 Å². The summed E-state index contributed by atoms with van der Waals surface area (Å²) in [5.74, 6) is -0.115. The van der Waals surface area contributed by atoms with E-state index in [4.69, 9.17) is 4.74 Å². The standard InChI is InChI=1S/C15H22N2O3S/c1-17(10-15(19)6-2-3-7-15)14(18)11-9-21-13(16-11)12-5-4-8-20-12/h9,12,19H,2-8,10H2,1H3. The first-order valence-electron chi connectivity index (χ1n) is 7.62. The molecule has 1 unspecified atom stereocenters. The van der Waals surface area contributed by atoms with Crippen LogP contribution < -0.4 is 0 Å². The highest BCUT2D eigenvalue weighted by molar-refractivity contribution is 7.09. The van der Waals surface area contributed by atoms with Crippen LogP contribution in [0.3, 0.4) is 0 Å². The first kappa shape index (κ1) is 14.9. The van der Waals surface area contributed by atoms with Crippen molar-refractivity contribution in [3.8, 4) is 0 Å². The van der Waals surface area contributed by atoms with E-state index >= 15 is 0 Å². The number of aromatic nitrogens is 1. The fraction of sp³-hybridized carbons (Fsp3) is 0.733. The summed E-state index contributed by atoms with van der Waals surface area (Å²) in [6.07, 6.45) is 5.74. The van der Waals surface area contributed by atoms with Gasteiger partial charge in [0.05, 0.1) is 5.60 Å². The van der Waals surface area contributed by atoms with Crippen LogP contribution in [0.5, 0.6) is 0 Å². The summed E-state index contributed by atoms with van der Waals surface area (Å²) in [6, 6.07) is 0. The number of amides is 1. The number of rotatable bonds is 4. The monoisotopic (exact) mass is 310 g/mol. The van der Waals surface area contributed by atoms with Gasteiger partial charge in [-0.15, -0.1) is 11.3 Å². The van der Waals surface area contributed by atoms with E-state index in [-0.39, 0.29) is 12.0 Å². The zero-order valence-electron chi connectivity index (χ0n) is 12.4. The molecule has 0 spiro atoms. The summed E-state index contributed by atoms with van der Waals surface area (Å²) in [7, 11) is 1.74. The third-order valence-electron chi connectivity index (χ3n) is 4.36. The molecule has 5 nitrogen and oxygen atoms in total. The van der Waals surface area contributed by atoms with Crippen LogP contribution in [-0.2, 0) is 4.74 Å². The van der Waals surface area contributed by atoms with E-state index < -0.39 is 5.60 Å². The van der Waals surface area contributed by atoms with Crippen molar-refractivity contribution in [3.05, 3.63) is 16.1 Å². The van der Waals surface area contributed by atoms with Crippen molar-refractivity contribution in [1.29, 1.82) is 0 Å². The minimum Gasteiger partial charge on any atom is -0.388 e. The first-order chi connectivity index (χ1) is 10.1. The van der Waals surface area contributed by atoms with Crippen LogP contribution in [0.4, 0.5) is 0 Å². The van der Waals surface area contributed by atoms with Gasteiger partial charge in [-0.2, -0.15) is 0 Å². The average molecular weight is 310 g/mol. The largest absolute Gasteiger partial charge is 0.388 e. The van der Waals surface area contributed by atoms with Crippen molar-refractivity contribution in [2.24, 2.45) is 0 Å². The molecule has 0 bridgehead atoms. The van der Waals surface area contributed by atoms with Crippen LogP contribution in [0.25, 0.3) is 0 Å². The Kier molecular flexibility index (Phi) is 4.28. The molecular formula is C15H22N2O3S. The van der Waals surface area contributed by atoms with Gasteiger partial charge in [-0.25, -0.2) is 4.98 Å². The summed E-state index contributed by atoms with van der Waals surface area (Å²) >= 11 is 1.49. The maximum Gasteiger partial charge on any atom is 0.273 e. The highest BCUT2D eigenvalue weighted by Gasteiger charge is 2.34. The normalized spacial score (nSPS) is 24.4. The first-order valence-corrected chi connectivity index (χ1v) is 8.50. The van der Waals surface area contributed by atoms with Crippen LogP contribution >= 0.6 is 11.3 Å². The van der Waals surface area contributed by atoms with Gasteiger partial charge in [-0.3, -0.25) is 4.79 Å². The second-order valence-electron chi connectivity index (χ2n) is 6.17. The Morgan fingerprint density at radius 2 is 2.29 bits per heavy atom. The predicted octanol–water partition coefficient (Wildman–Crippen LogP) is 2.37. The van der Waals surface area contributed by atoms with Crippen LogP contribution in [0.15, 0.2) is 5.38 Å². The average Bonchev–Trinajstić information content (AvgIpc) is 3.18. The minimum absolute atomic E-state index is 0.0564. The van der Waals surface area contributed by atoms with Crippen molar-refractivity contribution in [1.82, 2.24) is 9.88 Å². The predicted molar refractivity (Wildman–Crippen MR) is 80.4 cm³/mol. The van der Waals surface area contributed by atoms with Gasteiger partial charge < -0.3 is 14.7 Å². The van der Waals surface area contributed by atoms with Gasteiger partial charge in [0.1, 0.15) is 16.8 Å². The molecule has 1 saturated carbocycles. The molecule has 2 fully saturated rings. The molecule has 3 rings (SSSR count). The smallest absolute Gasteiger partial charge is 0.273 e. The number of nitrogens with zero attached hydrogens (tertiary/aromatic N) is 2. The molecule has 21 heavy (non-hydrogen) atoms. The van der Waals surface area contributed by atoms with E-state index in [0.717, 1.165) is 50.1 Å². The molecule has 0 aromatic carbocycles. The molecular weight excluding hydrogens is 288 g/mol. The van der Waals surface area contributed by atoms with E-state index in [2.05, 4.69) is 4.98 Å². The Balaban J connectivity index is 1.64. The molecule has 2 aliphatic rings. The van der Waals surface area contributed by atoms with Crippen molar-refractivity contribution in [3.63, 3.8) is 0 Å². The van der Waals surface area contributed by atoms with E-state index in [0.29, 0.717) is 12.2 Å². The number of aliphatic hydroxyl groups is 1. The second kappa shape index (κ2) is 6.02. The topological polar surface area (TPSA) is 62.7 Å². The van der Waals surface area contributed by atoms with E-state index in [1.165, 1.54) is 11.3 Å². The highest BCUT2D eigenvalue weighted by Crippen LogP contribution is 2.32. The molecule has 0 radical (unpaired) electrons. The third-order valence-corrected chi connectivity index (χ3v) is 5.30. The molecule has 1 saturated heterocycles. The summed E-state index contributed by atoms with van der Waals surface area (Å²) in [4.78, 5) is 18.4. The van der Waals surface area contributed by atoms with E-state index in [1.807, 2.05) is 0 Å². The lowest BCUT2D eigenvalue weighted by Crippen LogP contribution is -2.42. The van der Waals surface area contributed by atoms with Crippen molar-refractivity contribution >= 4 is 17.2 Å². The highest BCUT2D eigenvalue weighted by atomic mass is 32.1. The third kappa shape index (κ3) is 3.27. The van der Waals surface area contributed by atoms with Gasteiger partial charge >= 0.3 is 0 Å². The van der Waals surface area contributed by atoms with Gasteiger partial charge in [0.2, 0.25) is 0 Å². The molecule has 1 N–H and O–H groups in total. The van der Waals surface area contributed by atoms with Gasteiger partial charge in [0, 0.05) is 25.6 Å². The number of hydrogen-bond donors (Lipinski definition) is 1. The van der Waals surface area contributed by atoms with Crippen LogP contribution in [0, 0.1) is 0 Å². The SMILES string of the molecule is CN(CC1(O)CCCC1)C(=O)c1csc(C2CCCO2)n1. The quantitative estimate of drug-likeness (QED) is 0.927. The summed E-state index contributed by atoms with van der Waals surface area (Å²) < 4.78 is 5.60. The number of carbonyl (C=O) groups is 1. The van der Waals surface area contributed by atoms with Crippen LogP contribution in [-0.4, -0.2) is 46.7 Å². The Bertz CT molecular complexity index is 505. The maximum atomic E-state index is 12.4. The zero-order valence-corrected chi connectivity index (χ0v) is 13.2. The summed E-state index contributed by atoms with van der Waals surface area (Å²) in [5, 5.41) is 13.1. The molecule has 1 aliphatic heterocycles. The molecule has 2 heterocycles. The second-order valence-corrected chi connectivity index (χ2v) is 7.05. The lowest BCUT2D eigenvalue weighted by molar-refractivity contribution is 0.0155. The molecule has 1 atom stereocenters. The number of carbonyl (C=O) groups excluding carboxylic acids is 1. The molecule has 1 aromatic rings. The fourth-order valence-electron chi connectivity index (χ4n) is 3.21. The Morgan fingerprint density at radius 3 is 2.95 bits per heavy atom. The maximum absolute atomic E-state index is 12.4. The Morgan fingerprint density at radius 1 is 1.52 bits per heavy atom. The van der Waals surface area contributed by atoms with Gasteiger partial charge in [-0.05, 0) is 25.7 Å². The Labute approximate surface area is 128 Å². The van der Waals surface area contributed by atoms with E-state index in [1.54, 1.807) is 17.3 Å². The number of hydrogen-bond acceptors (Lipinski definition) is 5. The molecule has 1 aliphatic carbocycles. The lowest BCUT2D eigenvalue weighted by atomic mass is 10.0. The molecule has 116 valence electrons.